The summed E-state index contributed by atoms with van der Waals surface area (Å²) < 4.78 is 13.7. The molecule has 82 valence electrons. The highest BCUT2D eigenvalue weighted by Gasteiger charge is 2.10. The van der Waals surface area contributed by atoms with Gasteiger partial charge >= 0.3 is 0 Å². The first-order chi connectivity index (χ1) is 6.45. The molecule has 14 heavy (non-hydrogen) atoms. The minimum absolute atomic E-state index is 0.113. The summed E-state index contributed by atoms with van der Waals surface area (Å²) >= 11 is 0. The third kappa shape index (κ3) is 3.17. The molecule has 0 heterocycles. The van der Waals surface area contributed by atoms with Crippen LogP contribution in [0, 0.1) is 0 Å². The van der Waals surface area contributed by atoms with Gasteiger partial charge in [-0.1, -0.05) is 19.4 Å². The molecular formula is C12H22FN. The van der Waals surface area contributed by atoms with Gasteiger partial charge in [-0.05, 0) is 32.3 Å². The maximum atomic E-state index is 13.7. The Labute approximate surface area is 87.3 Å². The zero-order valence-corrected chi connectivity index (χ0v) is 10.2. The van der Waals surface area contributed by atoms with E-state index in [1.54, 1.807) is 14.1 Å². The van der Waals surface area contributed by atoms with E-state index in [9.17, 15) is 4.39 Å². The van der Waals surface area contributed by atoms with E-state index in [-0.39, 0.29) is 5.95 Å². The SMILES string of the molecule is CC/C(C)=C(C)/C(CC)=C(/F)N(C)C. The van der Waals surface area contributed by atoms with Crippen LogP contribution in [0.5, 0.6) is 0 Å². The molecule has 0 bridgehead atoms. The molecule has 0 rings (SSSR count). The normalized spacial score (nSPS) is 14.8. The summed E-state index contributed by atoms with van der Waals surface area (Å²) in [6, 6.07) is 0. The largest absolute Gasteiger partial charge is 0.354 e. The zero-order chi connectivity index (χ0) is 11.3. The summed E-state index contributed by atoms with van der Waals surface area (Å²) in [5, 5.41) is 0. The van der Waals surface area contributed by atoms with Crippen LogP contribution in [0.15, 0.2) is 22.7 Å². The van der Waals surface area contributed by atoms with Crippen LogP contribution in [-0.4, -0.2) is 19.0 Å². The quantitative estimate of drug-likeness (QED) is 0.490. The van der Waals surface area contributed by atoms with Crippen molar-refractivity contribution in [1.29, 1.82) is 0 Å². The first kappa shape index (κ1) is 13.2. The molecule has 0 amide bonds. The Morgan fingerprint density at radius 3 is 1.86 bits per heavy atom. The van der Waals surface area contributed by atoms with Gasteiger partial charge in [0.25, 0.3) is 0 Å². The third-order valence-corrected chi connectivity index (χ3v) is 2.62. The number of hydrogen-bond acceptors (Lipinski definition) is 1. The van der Waals surface area contributed by atoms with Crippen molar-refractivity contribution >= 4 is 0 Å². The predicted molar refractivity (Wildman–Crippen MR) is 60.8 cm³/mol. The lowest BCUT2D eigenvalue weighted by Gasteiger charge is -2.16. The van der Waals surface area contributed by atoms with Gasteiger partial charge in [0.15, 0.2) is 5.95 Å². The molecule has 0 saturated heterocycles. The summed E-state index contributed by atoms with van der Waals surface area (Å²) in [5.74, 6) is -0.113. The Balaban J connectivity index is 5.19. The Morgan fingerprint density at radius 2 is 1.57 bits per heavy atom. The average Bonchev–Trinajstić information content (AvgIpc) is 2.17. The molecule has 2 heteroatoms. The summed E-state index contributed by atoms with van der Waals surface area (Å²) in [5.41, 5.74) is 3.19. The van der Waals surface area contributed by atoms with Crippen LogP contribution in [-0.2, 0) is 0 Å². The van der Waals surface area contributed by atoms with Crippen molar-refractivity contribution in [1.82, 2.24) is 4.90 Å². The molecule has 0 unspecified atom stereocenters. The standard InChI is InChI=1S/C12H22FN/c1-7-9(3)10(4)11(8-2)12(13)14(5)6/h7-8H2,1-6H3/b10-9+,12-11-. The maximum absolute atomic E-state index is 13.7. The highest BCUT2D eigenvalue weighted by atomic mass is 19.1. The van der Waals surface area contributed by atoms with E-state index in [0.29, 0.717) is 0 Å². The lowest BCUT2D eigenvalue weighted by Crippen LogP contribution is -2.10. The van der Waals surface area contributed by atoms with E-state index in [1.807, 2.05) is 13.8 Å². The summed E-state index contributed by atoms with van der Waals surface area (Å²) in [6.45, 7) is 8.15. The van der Waals surface area contributed by atoms with Gasteiger partial charge in [-0.25, -0.2) is 0 Å². The molecule has 0 spiro atoms. The number of rotatable bonds is 4. The van der Waals surface area contributed by atoms with Crippen molar-refractivity contribution in [3.63, 3.8) is 0 Å². The van der Waals surface area contributed by atoms with Gasteiger partial charge in [-0.3, -0.25) is 0 Å². The van der Waals surface area contributed by atoms with Crippen molar-refractivity contribution in [3.8, 4) is 0 Å². The fraction of sp³-hybridized carbons (Fsp3) is 0.667. The topological polar surface area (TPSA) is 3.24 Å². The van der Waals surface area contributed by atoms with Gasteiger partial charge in [0.05, 0.1) is 0 Å². The lowest BCUT2D eigenvalue weighted by atomic mass is 9.99. The van der Waals surface area contributed by atoms with Crippen LogP contribution in [0.3, 0.4) is 0 Å². The minimum atomic E-state index is -0.113. The van der Waals surface area contributed by atoms with Crippen molar-refractivity contribution < 1.29 is 4.39 Å². The second-order valence-electron chi connectivity index (χ2n) is 3.78. The van der Waals surface area contributed by atoms with Gasteiger partial charge in [-0.15, -0.1) is 0 Å². The average molecular weight is 199 g/mol. The van der Waals surface area contributed by atoms with Crippen LogP contribution in [0.25, 0.3) is 0 Å². The Morgan fingerprint density at radius 1 is 1.07 bits per heavy atom. The summed E-state index contributed by atoms with van der Waals surface area (Å²) in [7, 11) is 3.47. The number of hydrogen-bond donors (Lipinski definition) is 0. The van der Waals surface area contributed by atoms with E-state index in [0.717, 1.165) is 24.0 Å². The molecule has 0 atom stereocenters. The molecule has 1 nitrogen and oxygen atoms in total. The van der Waals surface area contributed by atoms with E-state index < -0.39 is 0 Å². The van der Waals surface area contributed by atoms with Gasteiger partial charge in [0.1, 0.15) is 0 Å². The van der Waals surface area contributed by atoms with Crippen LogP contribution in [0.1, 0.15) is 40.5 Å². The Bertz CT molecular complexity index is 249. The van der Waals surface area contributed by atoms with Crippen LogP contribution in [0.2, 0.25) is 0 Å². The fourth-order valence-corrected chi connectivity index (χ4v) is 1.36. The van der Waals surface area contributed by atoms with Crippen molar-refractivity contribution in [3.05, 3.63) is 22.7 Å². The summed E-state index contributed by atoms with van der Waals surface area (Å²) in [4.78, 5) is 1.53. The second kappa shape index (κ2) is 5.84. The van der Waals surface area contributed by atoms with Gasteiger partial charge in [-0.2, -0.15) is 4.39 Å². The molecule has 0 saturated carbocycles. The van der Waals surface area contributed by atoms with Crippen LogP contribution < -0.4 is 0 Å². The molecule has 0 radical (unpaired) electrons. The number of allylic oxidation sites excluding steroid dienone is 3. The highest BCUT2D eigenvalue weighted by Crippen LogP contribution is 2.24. The van der Waals surface area contributed by atoms with Crippen LogP contribution >= 0.6 is 0 Å². The van der Waals surface area contributed by atoms with Crippen molar-refractivity contribution in [2.75, 3.05) is 14.1 Å². The second-order valence-corrected chi connectivity index (χ2v) is 3.78. The third-order valence-electron chi connectivity index (χ3n) is 2.62. The highest BCUT2D eigenvalue weighted by molar-refractivity contribution is 5.34. The van der Waals surface area contributed by atoms with E-state index in [4.69, 9.17) is 0 Å². The molecule has 0 fully saturated rings. The molecule has 0 aromatic carbocycles. The van der Waals surface area contributed by atoms with Gasteiger partial charge in [0.2, 0.25) is 0 Å². The molecule has 0 aliphatic heterocycles. The van der Waals surface area contributed by atoms with Gasteiger partial charge < -0.3 is 4.90 Å². The minimum Gasteiger partial charge on any atom is -0.354 e. The van der Waals surface area contributed by atoms with Crippen LogP contribution in [0.4, 0.5) is 4.39 Å². The molecular weight excluding hydrogens is 177 g/mol. The maximum Gasteiger partial charge on any atom is 0.192 e. The first-order valence-electron chi connectivity index (χ1n) is 5.18. The Hall–Kier alpha value is -0.790. The van der Waals surface area contributed by atoms with E-state index >= 15 is 0 Å². The molecule has 0 aliphatic rings. The molecule has 0 aromatic rings. The molecule has 0 N–H and O–H groups in total. The molecule has 0 aromatic heterocycles. The first-order valence-corrected chi connectivity index (χ1v) is 5.18. The lowest BCUT2D eigenvalue weighted by molar-refractivity contribution is 0.365. The predicted octanol–water partition coefficient (Wildman–Crippen LogP) is 3.89. The van der Waals surface area contributed by atoms with Crippen molar-refractivity contribution in [2.45, 2.75) is 40.5 Å². The number of nitrogens with zero attached hydrogens (tertiary/aromatic N) is 1. The van der Waals surface area contributed by atoms with Crippen molar-refractivity contribution in [2.24, 2.45) is 0 Å². The summed E-state index contributed by atoms with van der Waals surface area (Å²) in [6.07, 6.45) is 1.73. The van der Waals surface area contributed by atoms with Gasteiger partial charge in [0, 0.05) is 19.7 Å². The smallest absolute Gasteiger partial charge is 0.192 e. The monoisotopic (exact) mass is 199 g/mol. The van der Waals surface area contributed by atoms with E-state index in [2.05, 4.69) is 13.8 Å². The van der Waals surface area contributed by atoms with E-state index in [1.165, 1.54) is 10.5 Å². The molecule has 0 aliphatic carbocycles. The number of halogens is 1. The Kier molecular flexibility index (Phi) is 5.51. The zero-order valence-electron chi connectivity index (χ0n) is 10.2. The fourth-order valence-electron chi connectivity index (χ4n) is 1.36.